The van der Waals surface area contributed by atoms with Crippen LogP contribution in [0.25, 0.3) is 11.3 Å². The minimum absolute atomic E-state index is 0.0148. The molecule has 1 heterocycles. The van der Waals surface area contributed by atoms with E-state index in [1.807, 2.05) is 0 Å². The molecule has 0 bridgehead atoms. The summed E-state index contributed by atoms with van der Waals surface area (Å²) in [5, 5.41) is 9.55. The topological polar surface area (TPSA) is 66.0 Å². The van der Waals surface area contributed by atoms with Crippen LogP contribution in [0.5, 0.6) is 0 Å². The standard InChI is InChI=1S/C11H9FN2O2S/c1-17-11-13-8(9(14-11)10(15)16)6-2-4-7(12)5-3-6/h2-5H,1H3,(H,13,14)(H,15,16). The highest BCUT2D eigenvalue weighted by atomic mass is 32.2. The minimum atomic E-state index is -1.09. The summed E-state index contributed by atoms with van der Waals surface area (Å²) in [5.74, 6) is -1.46. The van der Waals surface area contributed by atoms with Gasteiger partial charge >= 0.3 is 5.97 Å². The normalized spacial score (nSPS) is 10.5. The second kappa shape index (κ2) is 4.58. The summed E-state index contributed by atoms with van der Waals surface area (Å²) in [6.07, 6.45) is 1.79. The molecule has 0 saturated heterocycles. The van der Waals surface area contributed by atoms with Crippen LogP contribution in [0, 0.1) is 5.82 Å². The molecule has 0 spiro atoms. The lowest BCUT2D eigenvalue weighted by Crippen LogP contribution is -1.99. The van der Waals surface area contributed by atoms with Crippen molar-refractivity contribution in [1.29, 1.82) is 0 Å². The molecule has 4 nitrogen and oxygen atoms in total. The predicted octanol–water partition coefficient (Wildman–Crippen LogP) is 2.64. The summed E-state index contributed by atoms with van der Waals surface area (Å²) in [7, 11) is 0. The number of carboxylic acid groups (broad SMARTS) is 1. The molecule has 0 aliphatic rings. The number of imidazole rings is 1. The minimum Gasteiger partial charge on any atom is -0.477 e. The van der Waals surface area contributed by atoms with Gasteiger partial charge in [-0.1, -0.05) is 11.8 Å². The van der Waals surface area contributed by atoms with Crippen molar-refractivity contribution in [2.24, 2.45) is 0 Å². The van der Waals surface area contributed by atoms with Gasteiger partial charge in [0.15, 0.2) is 10.9 Å². The van der Waals surface area contributed by atoms with E-state index in [0.717, 1.165) is 0 Å². The van der Waals surface area contributed by atoms with E-state index in [-0.39, 0.29) is 11.5 Å². The number of hydrogen-bond acceptors (Lipinski definition) is 3. The van der Waals surface area contributed by atoms with Crippen LogP contribution in [0.2, 0.25) is 0 Å². The Kier molecular flexibility index (Phi) is 3.14. The SMILES string of the molecule is CSc1nc(-c2ccc(F)cc2)c(C(=O)O)[nH]1. The molecule has 6 heteroatoms. The van der Waals surface area contributed by atoms with Crippen molar-refractivity contribution in [3.05, 3.63) is 35.8 Å². The zero-order chi connectivity index (χ0) is 12.4. The molecule has 0 unspecified atom stereocenters. The first-order valence-electron chi connectivity index (χ1n) is 4.75. The average Bonchev–Trinajstić information content (AvgIpc) is 2.74. The van der Waals surface area contributed by atoms with Gasteiger partial charge in [-0.2, -0.15) is 0 Å². The molecule has 0 atom stereocenters. The Morgan fingerprint density at radius 3 is 2.59 bits per heavy atom. The quantitative estimate of drug-likeness (QED) is 0.824. The van der Waals surface area contributed by atoms with Gasteiger partial charge in [0.2, 0.25) is 0 Å². The van der Waals surface area contributed by atoms with E-state index in [4.69, 9.17) is 5.11 Å². The summed E-state index contributed by atoms with van der Waals surface area (Å²) in [4.78, 5) is 17.9. The van der Waals surface area contributed by atoms with Gasteiger partial charge in [-0.15, -0.1) is 0 Å². The van der Waals surface area contributed by atoms with Crippen molar-refractivity contribution in [3.63, 3.8) is 0 Å². The number of aromatic carboxylic acids is 1. The molecule has 0 radical (unpaired) electrons. The molecule has 88 valence electrons. The molecular weight excluding hydrogens is 243 g/mol. The number of nitrogens with zero attached hydrogens (tertiary/aromatic N) is 1. The van der Waals surface area contributed by atoms with Gasteiger partial charge in [-0.05, 0) is 30.5 Å². The van der Waals surface area contributed by atoms with Gasteiger partial charge < -0.3 is 10.1 Å². The number of nitrogens with one attached hydrogen (secondary N) is 1. The largest absolute Gasteiger partial charge is 0.477 e. The van der Waals surface area contributed by atoms with Crippen molar-refractivity contribution in [2.75, 3.05) is 6.26 Å². The first kappa shape index (κ1) is 11.7. The lowest BCUT2D eigenvalue weighted by molar-refractivity contribution is 0.0691. The molecule has 0 aliphatic carbocycles. The van der Waals surface area contributed by atoms with Crippen LogP contribution in [0.3, 0.4) is 0 Å². The van der Waals surface area contributed by atoms with E-state index in [1.165, 1.54) is 36.0 Å². The highest BCUT2D eigenvalue weighted by Gasteiger charge is 2.17. The summed E-state index contributed by atoms with van der Waals surface area (Å²) in [5.41, 5.74) is 0.906. The second-order valence-electron chi connectivity index (χ2n) is 3.28. The number of aromatic amines is 1. The second-order valence-corrected chi connectivity index (χ2v) is 4.08. The highest BCUT2D eigenvalue weighted by Crippen LogP contribution is 2.24. The third-order valence-corrected chi connectivity index (χ3v) is 2.79. The third kappa shape index (κ3) is 2.31. The fourth-order valence-corrected chi connectivity index (χ4v) is 1.81. The van der Waals surface area contributed by atoms with Crippen LogP contribution < -0.4 is 0 Å². The van der Waals surface area contributed by atoms with Gasteiger partial charge in [0, 0.05) is 5.56 Å². The molecule has 0 amide bonds. The van der Waals surface area contributed by atoms with E-state index < -0.39 is 5.97 Å². The van der Waals surface area contributed by atoms with Crippen molar-refractivity contribution in [3.8, 4) is 11.3 Å². The van der Waals surface area contributed by atoms with Gasteiger partial charge in [0.05, 0.1) is 0 Å². The number of thioether (sulfide) groups is 1. The van der Waals surface area contributed by atoms with Crippen LogP contribution >= 0.6 is 11.8 Å². The predicted molar refractivity (Wildman–Crippen MR) is 62.7 cm³/mol. The Morgan fingerprint density at radius 2 is 2.06 bits per heavy atom. The van der Waals surface area contributed by atoms with E-state index in [1.54, 1.807) is 6.26 Å². The first-order chi connectivity index (χ1) is 8.11. The number of hydrogen-bond donors (Lipinski definition) is 2. The number of carbonyl (C=O) groups is 1. The number of rotatable bonds is 3. The molecular formula is C11H9FN2O2S. The third-order valence-electron chi connectivity index (χ3n) is 2.21. The highest BCUT2D eigenvalue weighted by molar-refractivity contribution is 7.98. The fourth-order valence-electron chi connectivity index (χ4n) is 1.42. The van der Waals surface area contributed by atoms with Gasteiger partial charge in [-0.25, -0.2) is 14.2 Å². The molecule has 2 rings (SSSR count). The van der Waals surface area contributed by atoms with Crippen molar-refractivity contribution in [1.82, 2.24) is 9.97 Å². The molecule has 1 aromatic carbocycles. The fraction of sp³-hybridized carbons (Fsp3) is 0.0909. The van der Waals surface area contributed by atoms with Crippen LogP contribution in [-0.2, 0) is 0 Å². The Morgan fingerprint density at radius 1 is 1.41 bits per heavy atom. The average molecular weight is 252 g/mol. The number of carboxylic acids is 1. The van der Waals surface area contributed by atoms with Crippen molar-refractivity contribution < 1.29 is 14.3 Å². The van der Waals surface area contributed by atoms with Crippen molar-refractivity contribution >= 4 is 17.7 Å². The van der Waals surface area contributed by atoms with E-state index in [2.05, 4.69) is 9.97 Å². The molecule has 2 N–H and O–H groups in total. The van der Waals surface area contributed by atoms with E-state index in [0.29, 0.717) is 16.4 Å². The van der Waals surface area contributed by atoms with Crippen LogP contribution in [-0.4, -0.2) is 27.3 Å². The Labute approximate surface area is 101 Å². The Balaban J connectivity index is 2.53. The molecule has 0 aliphatic heterocycles. The molecule has 0 fully saturated rings. The summed E-state index contributed by atoms with van der Waals surface area (Å²) in [6, 6.07) is 5.55. The maximum atomic E-state index is 12.8. The maximum Gasteiger partial charge on any atom is 0.354 e. The summed E-state index contributed by atoms with van der Waals surface area (Å²) < 4.78 is 12.8. The lowest BCUT2D eigenvalue weighted by atomic mass is 10.1. The Hall–Kier alpha value is -1.82. The summed E-state index contributed by atoms with van der Waals surface area (Å²) >= 11 is 1.31. The molecule has 2 aromatic rings. The monoisotopic (exact) mass is 252 g/mol. The number of H-pyrrole nitrogens is 1. The first-order valence-corrected chi connectivity index (χ1v) is 5.97. The van der Waals surface area contributed by atoms with E-state index in [9.17, 15) is 9.18 Å². The molecule has 0 saturated carbocycles. The molecule has 17 heavy (non-hydrogen) atoms. The van der Waals surface area contributed by atoms with E-state index >= 15 is 0 Å². The van der Waals surface area contributed by atoms with Gasteiger partial charge in [0.1, 0.15) is 11.5 Å². The zero-order valence-electron chi connectivity index (χ0n) is 8.90. The number of benzene rings is 1. The van der Waals surface area contributed by atoms with Crippen LogP contribution in [0.1, 0.15) is 10.5 Å². The molecule has 1 aromatic heterocycles. The van der Waals surface area contributed by atoms with Gasteiger partial charge in [-0.3, -0.25) is 0 Å². The van der Waals surface area contributed by atoms with Crippen LogP contribution in [0.15, 0.2) is 29.4 Å². The number of halogens is 1. The van der Waals surface area contributed by atoms with Crippen molar-refractivity contribution in [2.45, 2.75) is 5.16 Å². The maximum absolute atomic E-state index is 12.8. The Bertz CT molecular complexity index is 551. The number of aromatic nitrogens is 2. The van der Waals surface area contributed by atoms with Gasteiger partial charge in [0.25, 0.3) is 0 Å². The lowest BCUT2D eigenvalue weighted by Gasteiger charge is -1.98. The smallest absolute Gasteiger partial charge is 0.354 e. The summed E-state index contributed by atoms with van der Waals surface area (Å²) in [6.45, 7) is 0. The van der Waals surface area contributed by atoms with Crippen LogP contribution in [0.4, 0.5) is 4.39 Å². The zero-order valence-corrected chi connectivity index (χ0v) is 9.71.